The number of hydrogen-bond acceptors (Lipinski definition) is 6. The van der Waals surface area contributed by atoms with E-state index in [1.54, 1.807) is 0 Å². The van der Waals surface area contributed by atoms with Crippen molar-refractivity contribution in [3.8, 4) is 22.5 Å². The van der Waals surface area contributed by atoms with Gasteiger partial charge in [0.25, 0.3) is 0 Å². The van der Waals surface area contributed by atoms with Gasteiger partial charge in [-0.15, -0.1) is 10.2 Å². The number of halogens is 6. The van der Waals surface area contributed by atoms with Crippen molar-refractivity contribution in [3.05, 3.63) is 76.4 Å². The normalized spacial score (nSPS) is 12.8. The molecular weight excluding hydrogens is 482 g/mol. The van der Waals surface area contributed by atoms with E-state index in [2.05, 4.69) is 37.1 Å². The lowest BCUT2D eigenvalue weighted by atomic mass is 9.98. The molecule has 1 atom stereocenters. The molecule has 1 aromatic carbocycles. The first kappa shape index (κ1) is 23.4. The van der Waals surface area contributed by atoms with Gasteiger partial charge in [-0.25, -0.2) is 0 Å². The Balaban J connectivity index is 1.58. The lowest BCUT2D eigenvalue weighted by molar-refractivity contribution is -0.143. The van der Waals surface area contributed by atoms with Gasteiger partial charge in [-0.2, -0.15) is 31.4 Å². The Labute approximate surface area is 192 Å². The molecule has 0 saturated heterocycles. The molecule has 0 fully saturated rings. The molecule has 13 heteroatoms. The van der Waals surface area contributed by atoms with Gasteiger partial charge >= 0.3 is 12.4 Å². The van der Waals surface area contributed by atoms with Crippen LogP contribution in [0.3, 0.4) is 0 Å². The van der Waals surface area contributed by atoms with Gasteiger partial charge in [-0.05, 0) is 30.5 Å². The standard InChI is InChI=1S/C21H12F6N6S/c1-12(15-4-3-14(20(22,23)24)8-16(15)21(25,26)27)33-11-13(9-30-33)2-5-18-31-32-19(34-18)17-10-28-6-7-29-17/h3-4,6-12H,1H3. The minimum atomic E-state index is -4.97. The maximum atomic E-state index is 13.5. The van der Waals surface area contributed by atoms with E-state index in [1.165, 1.54) is 53.9 Å². The number of benzene rings is 1. The summed E-state index contributed by atoms with van der Waals surface area (Å²) in [4.78, 5) is 8.07. The quantitative estimate of drug-likeness (QED) is 0.288. The van der Waals surface area contributed by atoms with Crippen LogP contribution in [0.25, 0.3) is 10.7 Å². The first-order valence-electron chi connectivity index (χ1n) is 9.47. The fourth-order valence-electron chi connectivity index (χ4n) is 3.01. The topological polar surface area (TPSA) is 69.4 Å². The summed E-state index contributed by atoms with van der Waals surface area (Å²) in [6.45, 7) is 1.40. The minimum Gasteiger partial charge on any atom is -0.264 e. The summed E-state index contributed by atoms with van der Waals surface area (Å²) >= 11 is 1.18. The molecule has 3 heterocycles. The van der Waals surface area contributed by atoms with Crippen molar-refractivity contribution in [1.82, 2.24) is 29.9 Å². The molecule has 0 saturated carbocycles. The predicted molar refractivity (Wildman–Crippen MR) is 109 cm³/mol. The van der Waals surface area contributed by atoms with Gasteiger partial charge in [0.05, 0.1) is 35.1 Å². The number of hydrogen-bond donors (Lipinski definition) is 0. The van der Waals surface area contributed by atoms with Gasteiger partial charge in [-0.3, -0.25) is 14.6 Å². The third-order valence-electron chi connectivity index (χ3n) is 4.66. The third kappa shape index (κ3) is 5.07. The fraction of sp³-hybridized carbons (Fsp3) is 0.190. The highest BCUT2D eigenvalue weighted by Crippen LogP contribution is 2.39. The minimum absolute atomic E-state index is 0.111. The van der Waals surface area contributed by atoms with Gasteiger partial charge in [0.15, 0.2) is 10.0 Å². The van der Waals surface area contributed by atoms with E-state index in [1.807, 2.05) is 0 Å². The number of aromatic nitrogens is 6. The Morgan fingerprint density at radius 3 is 2.44 bits per heavy atom. The monoisotopic (exact) mass is 494 g/mol. The van der Waals surface area contributed by atoms with Crippen molar-refractivity contribution >= 4 is 11.3 Å². The molecule has 0 bridgehead atoms. The molecule has 1 unspecified atom stereocenters. The summed E-state index contributed by atoms with van der Waals surface area (Å²) in [5, 5.41) is 12.9. The van der Waals surface area contributed by atoms with Crippen LogP contribution in [0.15, 0.2) is 49.2 Å². The second kappa shape index (κ2) is 8.86. The molecular formula is C21H12F6N6S. The Morgan fingerprint density at radius 1 is 0.971 bits per heavy atom. The molecule has 4 aromatic rings. The molecule has 174 valence electrons. The van der Waals surface area contributed by atoms with Crippen LogP contribution in [-0.2, 0) is 12.4 Å². The van der Waals surface area contributed by atoms with E-state index in [0.717, 1.165) is 6.07 Å². The van der Waals surface area contributed by atoms with Crippen molar-refractivity contribution in [3.63, 3.8) is 0 Å². The zero-order valence-corrected chi connectivity index (χ0v) is 17.9. The molecule has 0 N–H and O–H groups in total. The molecule has 3 aromatic heterocycles. The van der Waals surface area contributed by atoms with Crippen LogP contribution in [-0.4, -0.2) is 29.9 Å². The third-order valence-corrected chi connectivity index (χ3v) is 5.52. The molecule has 0 spiro atoms. The van der Waals surface area contributed by atoms with Crippen LogP contribution in [0.1, 0.15) is 40.2 Å². The van der Waals surface area contributed by atoms with Gasteiger partial charge in [-0.1, -0.05) is 23.3 Å². The average Bonchev–Trinajstić information content (AvgIpc) is 3.46. The zero-order chi connectivity index (χ0) is 24.5. The Bertz CT molecular complexity index is 1360. The SMILES string of the molecule is CC(c1ccc(C(F)(F)F)cc1C(F)(F)F)n1cc(C#Cc2nnc(-c3cnccn3)s2)cn1. The van der Waals surface area contributed by atoms with Gasteiger partial charge in [0, 0.05) is 18.6 Å². The lowest BCUT2D eigenvalue weighted by Gasteiger charge is -2.20. The molecule has 0 aliphatic heterocycles. The number of alkyl halides is 6. The number of rotatable bonds is 3. The van der Waals surface area contributed by atoms with E-state index in [4.69, 9.17) is 0 Å². The van der Waals surface area contributed by atoms with Gasteiger partial charge in [0.2, 0.25) is 0 Å². The first-order chi connectivity index (χ1) is 16.0. The van der Waals surface area contributed by atoms with Crippen LogP contribution >= 0.6 is 11.3 Å². The van der Waals surface area contributed by atoms with Crippen molar-refractivity contribution < 1.29 is 26.3 Å². The maximum Gasteiger partial charge on any atom is 0.416 e. The second-order valence-corrected chi connectivity index (χ2v) is 7.91. The lowest BCUT2D eigenvalue weighted by Crippen LogP contribution is -2.17. The first-order valence-corrected chi connectivity index (χ1v) is 10.3. The smallest absolute Gasteiger partial charge is 0.264 e. The highest BCUT2D eigenvalue weighted by molar-refractivity contribution is 7.15. The second-order valence-electron chi connectivity index (χ2n) is 6.94. The van der Waals surface area contributed by atoms with Gasteiger partial charge < -0.3 is 0 Å². The zero-order valence-electron chi connectivity index (χ0n) is 17.1. The molecule has 6 nitrogen and oxygen atoms in total. The van der Waals surface area contributed by atoms with Crippen LogP contribution in [0, 0.1) is 11.8 Å². The van der Waals surface area contributed by atoms with Crippen molar-refractivity contribution in [1.29, 1.82) is 0 Å². The molecule has 0 amide bonds. The average molecular weight is 494 g/mol. The summed E-state index contributed by atoms with van der Waals surface area (Å²) < 4.78 is 80.4. The molecule has 0 aliphatic carbocycles. The van der Waals surface area contributed by atoms with E-state index in [-0.39, 0.29) is 11.6 Å². The fourth-order valence-corrected chi connectivity index (χ4v) is 3.67. The summed E-state index contributed by atoms with van der Waals surface area (Å²) in [6.07, 6.45) is -2.57. The predicted octanol–water partition coefficient (Wildman–Crippen LogP) is 5.24. The Hall–Kier alpha value is -3.79. The Morgan fingerprint density at radius 2 is 1.76 bits per heavy atom. The molecule has 4 rings (SSSR count). The van der Waals surface area contributed by atoms with Crippen molar-refractivity contribution in [2.45, 2.75) is 25.3 Å². The largest absolute Gasteiger partial charge is 0.416 e. The van der Waals surface area contributed by atoms with Crippen LogP contribution in [0.5, 0.6) is 0 Å². The van der Waals surface area contributed by atoms with E-state index in [0.29, 0.717) is 27.3 Å². The van der Waals surface area contributed by atoms with E-state index < -0.39 is 29.5 Å². The van der Waals surface area contributed by atoms with Crippen LogP contribution < -0.4 is 0 Å². The van der Waals surface area contributed by atoms with Crippen LogP contribution in [0.4, 0.5) is 26.3 Å². The summed E-state index contributed by atoms with van der Waals surface area (Å²) in [5.74, 6) is 5.59. The van der Waals surface area contributed by atoms with E-state index >= 15 is 0 Å². The summed E-state index contributed by atoms with van der Waals surface area (Å²) in [5.41, 5.74) is -2.18. The number of nitrogens with zero attached hydrogens (tertiary/aromatic N) is 6. The van der Waals surface area contributed by atoms with Crippen molar-refractivity contribution in [2.24, 2.45) is 0 Å². The summed E-state index contributed by atoms with van der Waals surface area (Å²) in [7, 11) is 0. The molecule has 0 radical (unpaired) electrons. The highest BCUT2D eigenvalue weighted by Gasteiger charge is 2.39. The van der Waals surface area contributed by atoms with E-state index in [9.17, 15) is 26.3 Å². The van der Waals surface area contributed by atoms with Gasteiger partial charge in [0.1, 0.15) is 5.69 Å². The van der Waals surface area contributed by atoms with Crippen LogP contribution in [0.2, 0.25) is 0 Å². The summed E-state index contributed by atoms with van der Waals surface area (Å²) in [6, 6.07) is 0.549. The maximum absolute atomic E-state index is 13.5. The molecule has 0 aliphatic rings. The van der Waals surface area contributed by atoms with Crippen molar-refractivity contribution in [2.75, 3.05) is 0 Å². The highest BCUT2D eigenvalue weighted by atomic mass is 32.1. The Kier molecular flexibility index (Phi) is 6.09. The molecule has 34 heavy (non-hydrogen) atoms.